The zero-order valence-corrected chi connectivity index (χ0v) is 13.2. The molecule has 3 aromatic heterocycles. The fraction of sp³-hybridized carbons (Fsp3) is 0.0556. The summed E-state index contributed by atoms with van der Waals surface area (Å²) in [5.41, 5.74) is 3.72. The number of aromatic nitrogens is 2. The molecule has 0 fully saturated rings. The summed E-state index contributed by atoms with van der Waals surface area (Å²) < 4.78 is 7.48. The van der Waals surface area contributed by atoms with Gasteiger partial charge in [0.2, 0.25) is 0 Å². The van der Waals surface area contributed by atoms with Gasteiger partial charge in [0.05, 0.1) is 11.3 Å². The molecule has 0 saturated carbocycles. The molecule has 4 rings (SSSR count). The van der Waals surface area contributed by atoms with E-state index in [0.717, 1.165) is 28.4 Å². The fourth-order valence-electron chi connectivity index (χ4n) is 2.56. The number of anilines is 2. The monoisotopic (exact) mass is 323 g/mol. The maximum Gasteiger partial charge on any atom is 0.156 e. The Morgan fingerprint density at radius 3 is 2.74 bits per heavy atom. The number of hydrogen-bond acceptors (Lipinski definition) is 3. The second kappa shape index (κ2) is 5.48. The molecule has 23 heavy (non-hydrogen) atoms. The number of nitrogens with one attached hydrogen (secondary N) is 1. The quantitative estimate of drug-likeness (QED) is 0.556. The predicted octanol–water partition coefficient (Wildman–Crippen LogP) is 5.30. The third-order valence-corrected chi connectivity index (χ3v) is 3.96. The molecule has 0 aliphatic carbocycles. The number of para-hydroxylation sites is 1. The molecular weight excluding hydrogens is 310 g/mol. The molecule has 4 aromatic rings. The van der Waals surface area contributed by atoms with Gasteiger partial charge in [0.15, 0.2) is 5.76 Å². The second-order valence-corrected chi connectivity index (χ2v) is 5.74. The van der Waals surface area contributed by atoms with Crippen LogP contribution in [0.5, 0.6) is 0 Å². The van der Waals surface area contributed by atoms with Crippen LogP contribution in [-0.4, -0.2) is 9.38 Å². The standard InChI is InChI=1S/C18H14ClN3O/c1-12-5-2-3-6-14(12)20-18-17(15-7-4-10-23-15)21-16-9-8-13(19)11-22(16)18/h2-11,20H,1H3. The number of benzene rings is 1. The number of hydrogen-bond donors (Lipinski definition) is 1. The molecule has 0 spiro atoms. The average molecular weight is 324 g/mol. The first-order valence-corrected chi connectivity index (χ1v) is 7.64. The van der Waals surface area contributed by atoms with E-state index in [9.17, 15) is 0 Å². The lowest BCUT2D eigenvalue weighted by atomic mass is 10.2. The minimum absolute atomic E-state index is 0.647. The Bertz CT molecular complexity index is 973. The highest BCUT2D eigenvalue weighted by Crippen LogP contribution is 2.32. The topological polar surface area (TPSA) is 42.5 Å². The van der Waals surface area contributed by atoms with Crippen molar-refractivity contribution in [2.45, 2.75) is 6.92 Å². The van der Waals surface area contributed by atoms with E-state index in [1.807, 2.05) is 53.1 Å². The Balaban J connectivity index is 1.93. The summed E-state index contributed by atoms with van der Waals surface area (Å²) in [5.74, 6) is 1.53. The van der Waals surface area contributed by atoms with Crippen molar-refractivity contribution in [3.05, 3.63) is 71.6 Å². The van der Waals surface area contributed by atoms with E-state index < -0.39 is 0 Å². The minimum atomic E-state index is 0.647. The summed E-state index contributed by atoms with van der Waals surface area (Å²) in [7, 11) is 0. The van der Waals surface area contributed by atoms with E-state index in [2.05, 4.69) is 23.3 Å². The molecule has 4 nitrogen and oxygen atoms in total. The van der Waals surface area contributed by atoms with Crippen LogP contribution in [0, 0.1) is 6.92 Å². The number of furan rings is 1. The Hall–Kier alpha value is -2.72. The highest BCUT2D eigenvalue weighted by molar-refractivity contribution is 6.30. The largest absolute Gasteiger partial charge is 0.463 e. The Kier molecular flexibility index (Phi) is 3.32. The Morgan fingerprint density at radius 2 is 1.96 bits per heavy atom. The maximum atomic E-state index is 6.16. The summed E-state index contributed by atoms with van der Waals surface area (Å²) in [6.45, 7) is 2.06. The summed E-state index contributed by atoms with van der Waals surface area (Å²) in [6.07, 6.45) is 3.49. The summed E-state index contributed by atoms with van der Waals surface area (Å²) in [4.78, 5) is 4.67. The Labute approximate surface area is 138 Å². The molecule has 0 amide bonds. The van der Waals surface area contributed by atoms with Crippen LogP contribution in [0.1, 0.15) is 5.56 Å². The molecule has 3 heterocycles. The van der Waals surface area contributed by atoms with Crippen LogP contribution < -0.4 is 5.32 Å². The number of aryl methyl sites for hydroxylation is 1. The Morgan fingerprint density at radius 1 is 1.09 bits per heavy atom. The molecule has 1 N–H and O–H groups in total. The number of imidazole rings is 1. The third kappa shape index (κ3) is 2.47. The van der Waals surface area contributed by atoms with Crippen LogP contribution in [0.25, 0.3) is 17.1 Å². The van der Waals surface area contributed by atoms with E-state index in [1.54, 1.807) is 6.26 Å². The van der Waals surface area contributed by atoms with Gasteiger partial charge in [-0.1, -0.05) is 29.8 Å². The molecule has 0 aliphatic heterocycles. The van der Waals surface area contributed by atoms with Crippen LogP contribution in [0.15, 0.2) is 65.4 Å². The summed E-state index contributed by atoms with van der Waals surface area (Å²) in [5, 5.41) is 4.11. The minimum Gasteiger partial charge on any atom is -0.463 e. The van der Waals surface area contributed by atoms with Crippen molar-refractivity contribution in [2.24, 2.45) is 0 Å². The molecule has 1 aromatic carbocycles. The molecular formula is C18H14ClN3O. The lowest BCUT2D eigenvalue weighted by Crippen LogP contribution is -1.98. The lowest BCUT2D eigenvalue weighted by molar-refractivity contribution is 0.581. The normalized spacial score (nSPS) is 11.0. The van der Waals surface area contributed by atoms with Crippen molar-refractivity contribution in [3.63, 3.8) is 0 Å². The van der Waals surface area contributed by atoms with E-state index in [0.29, 0.717) is 10.8 Å². The number of rotatable bonds is 3. The molecule has 0 saturated heterocycles. The van der Waals surface area contributed by atoms with Crippen molar-refractivity contribution in [2.75, 3.05) is 5.32 Å². The van der Waals surface area contributed by atoms with Gasteiger partial charge in [0.1, 0.15) is 17.2 Å². The maximum absolute atomic E-state index is 6.16. The summed E-state index contributed by atoms with van der Waals surface area (Å²) >= 11 is 6.16. The van der Waals surface area contributed by atoms with Gasteiger partial charge in [-0.25, -0.2) is 4.98 Å². The van der Waals surface area contributed by atoms with Crippen LogP contribution in [0.4, 0.5) is 11.5 Å². The smallest absolute Gasteiger partial charge is 0.156 e. The van der Waals surface area contributed by atoms with Gasteiger partial charge in [-0.2, -0.15) is 0 Å². The van der Waals surface area contributed by atoms with Crippen molar-refractivity contribution in [1.82, 2.24) is 9.38 Å². The highest BCUT2D eigenvalue weighted by atomic mass is 35.5. The van der Waals surface area contributed by atoms with E-state index >= 15 is 0 Å². The van der Waals surface area contributed by atoms with Gasteiger partial charge in [0, 0.05) is 11.9 Å². The molecule has 5 heteroatoms. The van der Waals surface area contributed by atoms with E-state index in [-0.39, 0.29) is 0 Å². The highest BCUT2D eigenvalue weighted by Gasteiger charge is 2.17. The zero-order valence-electron chi connectivity index (χ0n) is 12.5. The summed E-state index contributed by atoms with van der Waals surface area (Å²) in [6, 6.07) is 15.6. The average Bonchev–Trinajstić information content (AvgIpc) is 3.18. The fourth-order valence-corrected chi connectivity index (χ4v) is 2.72. The van der Waals surface area contributed by atoms with Gasteiger partial charge in [-0.05, 0) is 42.8 Å². The lowest BCUT2D eigenvalue weighted by Gasteiger charge is -2.10. The van der Waals surface area contributed by atoms with Crippen LogP contribution in [0.2, 0.25) is 5.02 Å². The second-order valence-electron chi connectivity index (χ2n) is 5.30. The molecule has 0 bridgehead atoms. The van der Waals surface area contributed by atoms with Crippen molar-refractivity contribution >= 4 is 28.8 Å². The first-order valence-electron chi connectivity index (χ1n) is 7.26. The van der Waals surface area contributed by atoms with Crippen LogP contribution in [-0.2, 0) is 0 Å². The number of halogens is 1. The molecule has 0 aliphatic rings. The van der Waals surface area contributed by atoms with Gasteiger partial charge < -0.3 is 9.73 Å². The molecule has 0 radical (unpaired) electrons. The van der Waals surface area contributed by atoms with Gasteiger partial charge in [0.25, 0.3) is 0 Å². The number of pyridine rings is 1. The van der Waals surface area contributed by atoms with Crippen molar-refractivity contribution < 1.29 is 4.42 Å². The number of fused-ring (bicyclic) bond motifs is 1. The van der Waals surface area contributed by atoms with Gasteiger partial charge in [-0.3, -0.25) is 4.40 Å². The first-order chi connectivity index (χ1) is 11.2. The zero-order chi connectivity index (χ0) is 15.8. The number of nitrogens with zero attached hydrogens (tertiary/aromatic N) is 2. The van der Waals surface area contributed by atoms with Gasteiger partial charge >= 0.3 is 0 Å². The van der Waals surface area contributed by atoms with Crippen LogP contribution >= 0.6 is 11.6 Å². The third-order valence-electron chi connectivity index (χ3n) is 3.74. The van der Waals surface area contributed by atoms with E-state index in [4.69, 9.17) is 16.0 Å². The van der Waals surface area contributed by atoms with Gasteiger partial charge in [-0.15, -0.1) is 0 Å². The predicted molar refractivity (Wildman–Crippen MR) is 92.4 cm³/mol. The molecule has 114 valence electrons. The van der Waals surface area contributed by atoms with Crippen LogP contribution in [0.3, 0.4) is 0 Å². The molecule has 0 atom stereocenters. The SMILES string of the molecule is Cc1ccccc1Nc1c(-c2ccco2)nc2ccc(Cl)cn12. The van der Waals surface area contributed by atoms with Crippen molar-refractivity contribution in [1.29, 1.82) is 0 Å². The van der Waals surface area contributed by atoms with E-state index in [1.165, 1.54) is 0 Å². The van der Waals surface area contributed by atoms with Crippen molar-refractivity contribution in [3.8, 4) is 11.5 Å². The molecule has 0 unspecified atom stereocenters. The first kappa shape index (κ1) is 13.9.